The molecular weight excluding hydrogens is 350 g/mol. The van der Waals surface area contributed by atoms with Gasteiger partial charge in [0.05, 0.1) is 0 Å². The fourth-order valence-electron chi connectivity index (χ4n) is 3.91. The predicted octanol–water partition coefficient (Wildman–Crippen LogP) is 2.82. The summed E-state index contributed by atoms with van der Waals surface area (Å²) in [5.41, 5.74) is 6.01. The summed E-state index contributed by atoms with van der Waals surface area (Å²) >= 11 is 5.87. The number of halogens is 1. The average molecular weight is 380 g/mol. The molecule has 1 aromatic rings. The minimum absolute atomic E-state index is 0.115. The van der Waals surface area contributed by atoms with Crippen LogP contribution in [-0.4, -0.2) is 49.1 Å². The van der Waals surface area contributed by atoms with E-state index in [4.69, 9.17) is 22.1 Å². The number of rotatable bonds is 6. The fourth-order valence-corrected chi connectivity index (χ4v) is 4.04. The number of amides is 1. The van der Waals surface area contributed by atoms with Gasteiger partial charge in [0, 0.05) is 42.7 Å². The highest BCUT2D eigenvalue weighted by molar-refractivity contribution is 6.30. The number of carbonyl (C=O) groups is 1. The number of likely N-dealkylation sites (tertiary alicyclic amines) is 1. The summed E-state index contributed by atoms with van der Waals surface area (Å²) in [6, 6.07) is 7.95. The number of ether oxygens (including phenoxy) is 1. The number of carbonyl (C=O) groups excluding carboxylic acids is 1. The number of piperidine rings is 1. The van der Waals surface area contributed by atoms with Crippen molar-refractivity contribution in [1.82, 2.24) is 10.2 Å². The van der Waals surface area contributed by atoms with Crippen LogP contribution in [0.1, 0.15) is 38.5 Å². The molecule has 1 saturated heterocycles. The molecule has 2 aliphatic rings. The van der Waals surface area contributed by atoms with Crippen LogP contribution < -0.4 is 15.8 Å². The van der Waals surface area contributed by atoms with Crippen molar-refractivity contribution < 1.29 is 9.53 Å². The van der Waals surface area contributed by atoms with Crippen LogP contribution in [0, 0.1) is 5.92 Å². The van der Waals surface area contributed by atoms with Crippen molar-refractivity contribution in [3.8, 4) is 5.75 Å². The molecular formula is C20H30ClN3O2. The summed E-state index contributed by atoms with van der Waals surface area (Å²) in [5, 5.41) is 3.97. The molecule has 0 aromatic heterocycles. The van der Waals surface area contributed by atoms with Gasteiger partial charge in [-0.3, -0.25) is 9.69 Å². The maximum atomic E-state index is 12.4. The zero-order valence-corrected chi connectivity index (χ0v) is 16.1. The Kier molecular flexibility index (Phi) is 7.17. The first kappa shape index (κ1) is 19.5. The molecule has 1 aliphatic carbocycles. The van der Waals surface area contributed by atoms with Crippen LogP contribution >= 0.6 is 11.6 Å². The van der Waals surface area contributed by atoms with Crippen molar-refractivity contribution in [3.05, 3.63) is 29.3 Å². The summed E-state index contributed by atoms with van der Waals surface area (Å²) in [4.78, 5) is 14.8. The van der Waals surface area contributed by atoms with Crippen LogP contribution in [0.3, 0.4) is 0 Å². The third kappa shape index (κ3) is 5.86. The zero-order chi connectivity index (χ0) is 18.4. The third-order valence-corrected chi connectivity index (χ3v) is 5.76. The predicted molar refractivity (Wildman–Crippen MR) is 104 cm³/mol. The third-order valence-electron chi connectivity index (χ3n) is 5.51. The van der Waals surface area contributed by atoms with Gasteiger partial charge in [-0.15, -0.1) is 0 Å². The monoisotopic (exact) mass is 379 g/mol. The summed E-state index contributed by atoms with van der Waals surface area (Å²) in [6.45, 7) is 3.57. The molecule has 2 fully saturated rings. The highest BCUT2D eigenvalue weighted by atomic mass is 35.5. The normalized spacial score (nSPS) is 25.0. The van der Waals surface area contributed by atoms with E-state index >= 15 is 0 Å². The second-order valence-electron chi connectivity index (χ2n) is 7.55. The molecule has 1 saturated carbocycles. The summed E-state index contributed by atoms with van der Waals surface area (Å²) in [7, 11) is 0. The Labute approximate surface area is 161 Å². The van der Waals surface area contributed by atoms with Gasteiger partial charge in [-0.05, 0) is 56.4 Å². The quantitative estimate of drug-likeness (QED) is 0.797. The molecule has 0 spiro atoms. The molecule has 0 bridgehead atoms. The SMILES string of the molecule is NC1CCCC(C(=O)NC2CCN(CCOc3ccc(Cl)cc3)CC2)C1. The minimum atomic E-state index is 0.115. The largest absolute Gasteiger partial charge is 0.492 e. The van der Waals surface area contributed by atoms with E-state index in [1.54, 1.807) is 0 Å². The molecule has 26 heavy (non-hydrogen) atoms. The summed E-state index contributed by atoms with van der Waals surface area (Å²) in [5.74, 6) is 1.18. The molecule has 1 aliphatic heterocycles. The van der Waals surface area contributed by atoms with Crippen LogP contribution in [0.5, 0.6) is 5.75 Å². The lowest BCUT2D eigenvalue weighted by molar-refractivity contribution is -0.127. The standard InChI is InChI=1S/C20H30ClN3O2/c21-16-4-6-19(7-5-16)26-13-12-24-10-8-18(9-11-24)23-20(25)15-2-1-3-17(22)14-15/h4-7,15,17-18H,1-3,8-14,22H2,(H,23,25). The van der Waals surface area contributed by atoms with Crippen LogP contribution in [-0.2, 0) is 4.79 Å². The first-order chi connectivity index (χ1) is 12.6. The molecule has 1 aromatic carbocycles. The lowest BCUT2D eigenvalue weighted by Crippen LogP contribution is -2.48. The minimum Gasteiger partial charge on any atom is -0.492 e. The van der Waals surface area contributed by atoms with E-state index in [1.807, 2.05) is 24.3 Å². The van der Waals surface area contributed by atoms with Gasteiger partial charge in [0.15, 0.2) is 0 Å². The fraction of sp³-hybridized carbons (Fsp3) is 0.650. The van der Waals surface area contributed by atoms with Crippen molar-refractivity contribution in [2.24, 2.45) is 11.7 Å². The van der Waals surface area contributed by atoms with E-state index in [-0.39, 0.29) is 17.9 Å². The molecule has 0 radical (unpaired) electrons. The summed E-state index contributed by atoms with van der Waals surface area (Å²) < 4.78 is 5.76. The van der Waals surface area contributed by atoms with Crippen LogP contribution in [0.2, 0.25) is 5.02 Å². The van der Waals surface area contributed by atoms with E-state index < -0.39 is 0 Å². The maximum absolute atomic E-state index is 12.4. The molecule has 5 nitrogen and oxygen atoms in total. The lowest BCUT2D eigenvalue weighted by Gasteiger charge is -2.34. The highest BCUT2D eigenvalue weighted by Gasteiger charge is 2.28. The van der Waals surface area contributed by atoms with Crippen molar-refractivity contribution in [1.29, 1.82) is 0 Å². The molecule has 1 amide bonds. The summed E-state index contributed by atoms with van der Waals surface area (Å²) in [6.07, 6.45) is 5.97. The van der Waals surface area contributed by atoms with Crippen LogP contribution in [0.25, 0.3) is 0 Å². The average Bonchev–Trinajstić information content (AvgIpc) is 2.65. The molecule has 2 unspecified atom stereocenters. The van der Waals surface area contributed by atoms with E-state index in [2.05, 4.69) is 10.2 Å². The van der Waals surface area contributed by atoms with Crippen molar-refractivity contribution in [3.63, 3.8) is 0 Å². The lowest BCUT2D eigenvalue weighted by atomic mass is 9.85. The van der Waals surface area contributed by atoms with E-state index in [9.17, 15) is 4.79 Å². The molecule has 2 atom stereocenters. The topological polar surface area (TPSA) is 67.6 Å². The Balaban J connectivity index is 1.32. The number of hydrogen-bond donors (Lipinski definition) is 2. The second-order valence-corrected chi connectivity index (χ2v) is 7.99. The van der Waals surface area contributed by atoms with Crippen LogP contribution in [0.15, 0.2) is 24.3 Å². The van der Waals surface area contributed by atoms with Gasteiger partial charge < -0.3 is 15.8 Å². The number of hydrogen-bond acceptors (Lipinski definition) is 4. The van der Waals surface area contributed by atoms with E-state index in [0.29, 0.717) is 12.6 Å². The van der Waals surface area contributed by atoms with Gasteiger partial charge in [-0.2, -0.15) is 0 Å². The molecule has 1 heterocycles. The van der Waals surface area contributed by atoms with Crippen molar-refractivity contribution in [2.45, 2.75) is 50.6 Å². The Morgan fingerprint density at radius 1 is 1.19 bits per heavy atom. The van der Waals surface area contributed by atoms with Gasteiger partial charge in [0.2, 0.25) is 5.91 Å². The van der Waals surface area contributed by atoms with Gasteiger partial charge in [-0.25, -0.2) is 0 Å². The second kappa shape index (κ2) is 9.58. The smallest absolute Gasteiger partial charge is 0.223 e. The maximum Gasteiger partial charge on any atom is 0.223 e. The number of nitrogens with two attached hydrogens (primary N) is 1. The number of benzene rings is 1. The first-order valence-corrected chi connectivity index (χ1v) is 10.1. The van der Waals surface area contributed by atoms with E-state index in [0.717, 1.165) is 68.9 Å². The van der Waals surface area contributed by atoms with Gasteiger partial charge in [0.1, 0.15) is 12.4 Å². The molecule has 6 heteroatoms. The van der Waals surface area contributed by atoms with Crippen molar-refractivity contribution >= 4 is 17.5 Å². The zero-order valence-electron chi connectivity index (χ0n) is 15.3. The van der Waals surface area contributed by atoms with Gasteiger partial charge in [-0.1, -0.05) is 18.0 Å². The molecule has 3 N–H and O–H groups in total. The van der Waals surface area contributed by atoms with Gasteiger partial charge in [0.25, 0.3) is 0 Å². The number of nitrogens with one attached hydrogen (secondary N) is 1. The highest BCUT2D eigenvalue weighted by Crippen LogP contribution is 2.24. The molecule has 3 rings (SSSR count). The Morgan fingerprint density at radius 3 is 2.62 bits per heavy atom. The Hall–Kier alpha value is -1.30. The first-order valence-electron chi connectivity index (χ1n) is 9.77. The Morgan fingerprint density at radius 2 is 1.92 bits per heavy atom. The van der Waals surface area contributed by atoms with Crippen LogP contribution in [0.4, 0.5) is 0 Å². The Bertz CT molecular complexity index is 573. The van der Waals surface area contributed by atoms with E-state index in [1.165, 1.54) is 0 Å². The van der Waals surface area contributed by atoms with Gasteiger partial charge >= 0.3 is 0 Å². The van der Waals surface area contributed by atoms with Crippen molar-refractivity contribution in [2.75, 3.05) is 26.2 Å². The molecule has 144 valence electrons. The number of nitrogens with zero attached hydrogens (tertiary/aromatic N) is 1.